The second kappa shape index (κ2) is 5.58. The molecular formula is C12H21N3OS. The first kappa shape index (κ1) is 14.1. The van der Waals surface area contributed by atoms with E-state index in [1.54, 1.807) is 11.8 Å². The summed E-state index contributed by atoms with van der Waals surface area (Å²) in [6.45, 7) is 7.87. The van der Waals surface area contributed by atoms with E-state index in [2.05, 4.69) is 4.98 Å². The summed E-state index contributed by atoms with van der Waals surface area (Å²) in [5.74, 6) is 2.08. The number of nitrogens with zero attached hydrogens (tertiary/aromatic N) is 1. The van der Waals surface area contributed by atoms with Crippen molar-refractivity contribution in [3.8, 4) is 0 Å². The molecule has 0 atom stereocenters. The standard InChI is InChI=1S/C12H21N3OS/c1-8-9(2)16-11(15-8)17-7-5-6-12(3,4)10(13)14/h5-7H2,1-4H3,(H3,13,14). The predicted molar refractivity (Wildman–Crippen MR) is 71.6 cm³/mol. The third-order valence-corrected chi connectivity index (χ3v) is 3.82. The minimum Gasteiger partial charge on any atom is -0.437 e. The van der Waals surface area contributed by atoms with E-state index in [1.165, 1.54) is 0 Å². The summed E-state index contributed by atoms with van der Waals surface area (Å²) < 4.78 is 5.48. The van der Waals surface area contributed by atoms with Gasteiger partial charge < -0.3 is 10.2 Å². The van der Waals surface area contributed by atoms with Crippen LogP contribution in [-0.2, 0) is 0 Å². The van der Waals surface area contributed by atoms with Gasteiger partial charge in [0.25, 0.3) is 5.22 Å². The number of amidine groups is 1. The van der Waals surface area contributed by atoms with E-state index in [0.717, 1.165) is 35.3 Å². The fraction of sp³-hybridized carbons (Fsp3) is 0.667. The van der Waals surface area contributed by atoms with E-state index >= 15 is 0 Å². The van der Waals surface area contributed by atoms with Crippen molar-refractivity contribution < 1.29 is 4.42 Å². The number of nitrogens with two attached hydrogens (primary N) is 1. The fourth-order valence-electron chi connectivity index (χ4n) is 1.31. The van der Waals surface area contributed by atoms with E-state index in [4.69, 9.17) is 15.6 Å². The van der Waals surface area contributed by atoms with E-state index in [0.29, 0.717) is 0 Å². The van der Waals surface area contributed by atoms with E-state index < -0.39 is 0 Å². The lowest BCUT2D eigenvalue weighted by atomic mass is 9.87. The molecule has 17 heavy (non-hydrogen) atoms. The number of aryl methyl sites for hydroxylation is 2. The number of hydrogen-bond donors (Lipinski definition) is 2. The van der Waals surface area contributed by atoms with Crippen molar-refractivity contribution in [1.82, 2.24) is 4.98 Å². The van der Waals surface area contributed by atoms with Crippen molar-refractivity contribution in [1.29, 1.82) is 5.41 Å². The molecule has 4 nitrogen and oxygen atoms in total. The Balaban J connectivity index is 2.32. The molecule has 0 aliphatic rings. The minimum atomic E-state index is -0.205. The summed E-state index contributed by atoms with van der Waals surface area (Å²) in [5, 5.41) is 8.20. The molecule has 1 heterocycles. The zero-order valence-corrected chi connectivity index (χ0v) is 11.8. The van der Waals surface area contributed by atoms with Crippen molar-refractivity contribution in [3.63, 3.8) is 0 Å². The van der Waals surface area contributed by atoms with Gasteiger partial charge in [0.15, 0.2) is 0 Å². The van der Waals surface area contributed by atoms with Gasteiger partial charge in [-0.2, -0.15) is 0 Å². The number of rotatable bonds is 6. The summed E-state index contributed by atoms with van der Waals surface area (Å²) in [7, 11) is 0. The molecular weight excluding hydrogens is 234 g/mol. The molecule has 3 N–H and O–H groups in total. The zero-order valence-electron chi connectivity index (χ0n) is 11.0. The summed E-state index contributed by atoms with van der Waals surface area (Å²) in [6.07, 6.45) is 1.91. The summed E-state index contributed by atoms with van der Waals surface area (Å²) in [4.78, 5) is 4.31. The molecule has 0 saturated heterocycles. The molecule has 0 aliphatic heterocycles. The van der Waals surface area contributed by atoms with Crippen LogP contribution in [0.5, 0.6) is 0 Å². The van der Waals surface area contributed by atoms with Crippen LogP contribution in [0, 0.1) is 24.7 Å². The van der Waals surface area contributed by atoms with Gasteiger partial charge in [0, 0.05) is 11.2 Å². The number of thioether (sulfide) groups is 1. The van der Waals surface area contributed by atoms with Crippen LogP contribution in [0.4, 0.5) is 0 Å². The van der Waals surface area contributed by atoms with E-state index in [1.807, 2.05) is 27.7 Å². The average Bonchev–Trinajstić information content (AvgIpc) is 2.53. The average molecular weight is 255 g/mol. The third-order valence-electron chi connectivity index (χ3n) is 2.91. The van der Waals surface area contributed by atoms with Gasteiger partial charge in [-0.1, -0.05) is 25.6 Å². The number of hydrogen-bond acceptors (Lipinski definition) is 4. The Morgan fingerprint density at radius 2 is 2.12 bits per heavy atom. The molecule has 5 heteroatoms. The first-order valence-electron chi connectivity index (χ1n) is 5.74. The second-order valence-electron chi connectivity index (χ2n) is 4.87. The second-order valence-corrected chi connectivity index (χ2v) is 5.92. The van der Waals surface area contributed by atoms with Crippen molar-refractivity contribution in [2.75, 3.05) is 5.75 Å². The molecule has 0 bridgehead atoms. The van der Waals surface area contributed by atoms with Crippen molar-refractivity contribution >= 4 is 17.6 Å². The lowest BCUT2D eigenvalue weighted by molar-refractivity contribution is 0.429. The molecule has 1 aromatic heterocycles. The minimum absolute atomic E-state index is 0.205. The lowest BCUT2D eigenvalue weighted by Crippen LogP contribution is -2.30. The van der Waals surface area contributed by atoms with Gasteiger partial charge in [-0.05, 0) is 26.7 Å². The maximum absolute atomic E-state index is 7.47. The molecule has 0 radical (unpaired) electrons. The van der Waals surface area contributed by atoms with Crippen LogP contribution in [0.2, 0.25) is 0 Å². The lowest BCUT2D eigenvalue weighted by Gasteiger charge is -2.22. The Hall–Kier alpha value is -0.970. The van der Waals surface area contributed by atoms with Crippen LogP contribution in [0.15, 0.2) is 9.64 Å². The molecule has 96 valence electrons. The van der Waals surface area contributed by atoms with Crippen LogP contribution in [0.25, 0.3) is 0 Å². The Bertz CT molecular complexity index is 379. The Labute approximate surface area is 107 Å². The molecule has 0 amide bonds. The smallest absolute Gasteiger partial charge is 0.256 e. The molecule has 0 saturated carbocycles. The first-order chi connectivity index (χ1) is 7.83. The molecule has 0 fully saturated rings. The molecule has 0 spiro atoms. The molecule has 1 rings (SSSR count). The maximum atomic E-state index is 7.47. The van der Waals surface area contributed by atoms with Crippen LogP contribution in [-0.4, -0.2) is 16.6 Å². The van der Waals surface area contributed by atoms with Crippen LogP contribution >= 0.6 is 11.8 Å². The topological polar surface area (TPSA) is 75.9 Å². The van der Waals surface area contributed by atoms with E-state index in [9.17, 15) is 0 Å². The van der Waals surface area contributed by atoms with E-state index in [-0.39, 0.29) is 11.3 Å². The van der Waals surface area contributed by atoms with Crippen molar-refractivity contribution in [2.24, 2.45) is 11.1 Å². The van der Waals surface area contributed by atoms with Crippen LogP contribution in [0.1, 0.15) is 38.1 Å². The Kier molecular flexibility index (Phi) is 4.62. The molecule has 1 aromatic rings. The molecule has 0 unspecified atom stereocenters. The predicted octanol–water partition coefficient (Wildman–Crippen LogP) is 3.13. The quantitative estimate of drug-likeness (QED) is 0.354. The van der Waals surface area contributed by atoms with Gasteiger partial charge in [0.1, 0.15) is 5.76 Å². The SMILES string of the molecule is Cc1nc(SCCCC(C)(C)C(=N)N)oc1C. The molecule has 0 aromatic carbocycles. The number of nitrogens with one attached hydrogen (secondary N) is 1. The first-order valence-corrected chi connectivity index (χ1v) is 6.73. The Morgan fingerprint density at radius 1 is 1.47 bits per heavy atom. The maximum Gasteiger partial charge on any atom is 0.256 e. The largest absolute Gasteiger partial charge is 0.437 e. The van der Waals surface area contributed by atoms with Crippen LogP contribution in [0.3, 0.4) is 0 Å². The van der Waals surface area contributed by atoms with Gasteiger partial charge in [-0.25, -0.2) is 4.98 Å². The highest BCUT2D eigenvalue weighted by Crippen LogP contribution is 2.26. The van der Waals surface area contributed by atoms with Crippen molar-refractivity contribution in [3.05, 3.63) is 11.5 Å². The Morgan fingerprint density at radius 3 is 2.59 bits per heavy atom. The van der Waals surface area contributed by atoms with Gasteiger partial charge in [0.2, 0.25) is 0 Å². The zero-order chi connectivity index (χ0) is 13.1. The fourth-order valence-corrected chi connectivity index (χ4v) is 2.16. The van der Waals surface area contributed by atoms with Gasteiger partial charge >= 0.3 is 0 Å². The number of oxazole rings is 1. The highest BCUT2D eigenvalue weighted by molar-refractivity contribution is 7.99. The number of aromatic nitrogens is 1. The summed E-state index contributed by atoms with van der Waals surface area (Å²) >= 11 is 1.62. The van der Waals surface area contributed by atoms with Crippen molar-refractivity contribution in [2.45, 2.75) is 45.8 Å². The van der Waals surface area contributed by atoms with Gasteiger partial charge in [-0.15, -0.1) is 0 Å². The highest BCUT2D eigenvalue weighted by Gasteiger charge is 2.20. The normalized spacial score (nSPS) is 11.8. The molecule has 0 aliphatic carbocycles. The van der Waals surface area contributed by atoms with Gasteiger partial charge in [-0.3, -0.25) is 5.41 Å². The highest BCUT2D eigenvalue weighted by atomic mass is 32.2. The third kappa shape index (κ3) is 4.07. The van der Waals surface area contributed by atoms with Gasteiger partial charge in [0.05, 0.1) is 11.5 Å². The summed E-state index contributed by atoms with van der Waals surface area (Å²) in [5.41, 5.74) is 6.28. The van der Waals surface area contributed by atoms with Crippen LogP contribution < -0.4 is 5.73 Å². The summed E-state index contributed by atoms with van der Waals surface area (Å²) in [6, 6.07) is 0. The monoisotopic (exact) mass is 255 g/mol.